The standard InChI is InChI=1S/C27H42N4O7/c1-20-27(11-10-23(33)38-26(2,3)4,25(34)30-28-12-13-31-14-18-35-19-15-31)29-24(37-20)21-6-8-22(9-7-21)36-17-5-16-32/h6-9,20,28,32H,5,10-19H2,1-4H3,(H,30,34)/t20-,27-/m0/s1. The molecule has 2 heterocycles. The van der Waals surface area contributed by atoms with Gasteiger partial charge in [-0.3, -0.25) is 19.9 Å². The van der Waals surface area contributed by atoms with E-state index < -0.39 is 23.2 Å². The van der Waals surface area contributed by atoms with Gasteiger partial charge in [-0.1, -0.05) is 0 Å². The summed E-state index contributed by atoms with van der Waals surface area (Å²) in [7, 11) is 0. The van der Waals surface area contributed by atoms with Crippen molar-refractivity contribution in [1.29, 1.82) is 0 Å². The summed E-state index contributed by atoms with van der Waals surface area (Å²) >= 11 is 0. The van der Waals surface area contributed by atoms with Crippen molar-refractivity contribution in [3.8, 4) is 5.75 Å². The molecule has 3 rings (SSSR count). The predicted molar refractivity (Wildman–Crippen MR) is 142 cm³/mol. The number of rotatable bonds is 13. The molecule has 1 aromatic rings. The number of nitrogens with zero attached hydrogens (tertiary/aromatic N) is 2. The van der Waals surface area contributed by atoms with Crippen molar-refractivity contribution in [2.24, 2.45) is 4.99 Å². The molecule has 1 amide bonds. The highest BCUT2D eigenvalue weighted by Gasteiger charge is 2.50. The van der Waals surface area contributed by atoms with Crippen LogP contribution in [0.5, 0.6) is 5.75 Å². The molecule has 1 saturated heterocycles. The number of amides is 1. The summed E-state index contributed by atoms with van der Waals surface area (Å²) in [6, 6.07) is 7.19. The number of morpholine rings is 1. The van der Waals surface area contributed by atoms with Gasteiger partial charge in [0.05, 0.1) is 19.8 Å². The number of aliphatic imine (C=N–C) groups is 1. The second-order valence-corrected chi connectivity index (χ2v) is 10.5. The van der Waals surface area contributed by atoms with Crippen molar-refractivity contribution in [2.75, 3.05) is 52.6 Å². The molecule has 1 aromatic carbocycles. The van der Waals surface area contributed by atoms with E-state index in [1.165, 1.54) is 0 Å². The zero-order valence-electron chi connectivity index (χ0n) is 23.0. The van der Waals surface area contributed by atoms with Crippen LogP contribution in [0.25, 0.3) is 0 Å². The summed E-state index contributed by atoms with van der Waals surface area (Å²) in [5.74, 6) is 0.221. The minimum absolute atomic E-state index is 0.0145. The van der Waals surface area contributed by atoms with Crippen molar-refractivity contribution in [3.63, 3.8) is 0 Å². The fourth-order valence-corrected chi connectivity index (χ4v) is 4.23. The number of hydrogen-bond acceptors (Lipinski definition) is 10. The third-order valence-electron chi connectivity index (χ3n) is 6.32. The number of aliphatic hydroxyl groups excluding tert-OH is 1. The van der Waals surface area contributed by atoms with Crippen molar-refractivity contribution in [2.45, 2.75) is 64.2 Å². The van der Waals surface area contributed by atoms with Gasteiger partial charge in [-0.05, 0) is 58.4 Å². The van der Waals surface area contributed by atoms with Crippen LogP contribution in [0.3, 0.4) is 0 Å². The zero-order valence-corrected chi connectivity index (χ0v) is 23.0. The van der Waals surface area contributed by atoms with E-state index in [4.69, 9.17) is 29.0 Å². The van der Waals surface area contributed by atoms with E-state index in [9.17, 15) is 9.59 Å². The largest absolute Gasteiger partial charge is 0.494 e. The Morgan fingerprint density at radius 3 is 2.58 bits per heavy atom. The summed E-state index contributed by atoms with van der Waals surface area (Å²) in [6.07, 6.45) is 0.0820. The summed E-state index contributed by atoms with van der Waals surface area (Å²) in [6.45, 7) is 12.1. The lowest BCUT2D eigenvalue weighted by atomic mass is 9.88. The summed E-state index contributed by atoms with van der Waals surface area (Å²) < 4.78 is 22.5. The molecule has 2 aliphatic heterocycles. The molecule has 3 N–H and O–H groups in total. The average molecular weight is 535 g/mol. The minimum atomic E-state index is -1.31. The van der Waals surface area contributed by atoms with Gasteiger partial charge >= 0.3 is 5.97 Å². The molecule has 0 aliphatic carbocycles. The predicted octanol–water partition coefficient (Wildman–Crippen LogP) is 1.43. The van der Waals surface area contributed by atoms with Crippen molar-refractivity contribution < 1.29 is 33.6 Å². The molecule has 212 valence electrons. The maximum atomic E-state index is 13.5. The number of hydrogen-bond donors (Lipinski definition) is 3. The van der Waals surface area contributed by atoms with Crippen LogP contribution in [0, 0.1) is 0 Å². The van der Waals surface area contributed by atoms with E-state index in [0.717, 1.165) is 19.6 Å². The maximum absolute atomic E-state index is 13.5. The Bertz CT molecular complexity index is 942. The molecule has 38 heavy (non-hydrogen) atoms. The highest BCUT2D eigenvalue weighted by Crippen LogP contribution is 2.33. The molecule has 0 saturated carbocycles. The van der Waals surface area contributed by atoms with Crippen molar-refractivity contribution in [1.82, 2.24) is 15.8 Å². The fourth-order valence-electron chi connectivity index (χ4n) is 4.23. The van der Waals surface area contributed by atoms with Crippen LogP contribution in [0.15, 0.2) is 29.3 Å². The van der Waals surface area contributed by atoms with Gasteiger partial charge in [-0.25, -0.2) is 10.4 Å². The molecule has 11 nitrogen and oxygen atoms in total. The van der Waals surface area contributed by atoms with E-state index in [1.807, 2.05) is 12.1 Å². The second-order valence-electron chi connectivity index (χ2n) is 10.5. The number of benzene rings is 1. The normalized spacial score (nSPS) is 21.9. The highest BCUT2D eigenvalue weighted by atomic mass is 16.6. The smallest absolute Gasteiger partial charge is 0.306 e. The second kappa shape index (κ2) is 13.9. The van der Waals surface area contributed by atoms with Crippen molar-refractivity contribution in [3.05, 3.63) is 29.8 Å². The zero-order chi connectivity index (χ0) is 27.6. The number of aliphatic hydroxyl groups is 1. The Kier molecular flexibility index (Phi) is 10.9. The quantitative estimate of drug-likeness (QED) is 0.195. The number of nitrogens with one attached hydrogen (secondary N) is 2. The SMILES string of the molecule is C[C@@H]1OC(c2ccc(OCCCO)cc2)=N[C@]1(CCC(=O)OC(C)(C)C)C(=O)NNCCN1CCOCC1. The lowest BCUT2D eigenvalue weighted by Crippen LogP contribution is -2.56. The third-order valence-corrected chi connectivity index (χ3v) is 6.32. The monoisotopic (exact) mass is 534 g/mol. The first kappa shape index (κ1) is 29.8. The van der Waals surface area contributed by atoms with Crippen LogP contribution < -0.4 is 15.6 Å². The fraction of sp³-hybridized carbons (Fsp3) is 0.667. The van der Waals surface area contributed by atoms with Gasteiger partial charge < -0.3 is 24.1 Å². The first-order chi connectivity index (χ1) is 18.1. The Balaban J connectivity index is 1.70. The van der Waals surface area contributed by atoms with E-state index >= 15 is 0 Å². The van der Waals surface area contributed by atoms with Crippen LogP contribution in [-0.4, -0.2) is 97.6 Å². The average Bonchev–Trinajstić information content (AvgIpc) is 3.22. The Morgan fingerprint density at radius 1 is 1.21 bits per heavy atom. The Labute approximate surface area is 224 Å². The van der Waals surface area contributed by atoms with Crippen LogP contribution in [0.1, 0.15) is 52.5 Å². The van der Waals surface area contributed by atoms with Crippen LogP contribution in [0.2, 0.25) is 0 Å². The summed E-state index contributed by atoms with van der Waals surface area (Å²) in [5.41, 5.74) is 4.56. The van der Waals surface area contributed by atoms with E-state index in [2.05, 4.69) is 15.8 Å². The van der Waals surface area contributed by atoms with Gasteiger partial charge in [0.2, 0.25) is 5.90 Å². The van der Waals surface area contributed by atoms with Gasteiger partial charge in [-0.15, -0.1) is 0 Å². The van der Waals surface area contributed by atoms with Crippen LogP contribution in [-0.2, 0) is 23.8 Å². The number of esters is 1. The highest BCUT2D eigenvalue weighted by molar-refractivity contribution is 6.00. The molecule has 0 radical (unpaired) electrons. The first-order valence-corrected chi connectivity index (χ1v) is 13.3. The number of ether oxygens (including phenoxy) is 4. The number of carbonyl (C=O) groups is 2. The van der Waals surface area contributed by atoms with Gasteiger partial charge in [-0.2, -0.15) is 0 Å². The maximum Gasteiger partial charge on any atom is 0.306 e. The topological polar surface area (TPSA) is 131 Å². The van der Waals surface area contributed by atoms with Crippen LogP contribution in [0.4, 0.5) is 0 Å². The molecule has 2 atom stereocenters. The Hall–Kier alpha value is -2.73. The van der Waals surface area contributed by atoms with Gasteiger partial charge in [0.15, 0.2) is 5.54 Å². The Morgan fingerprint density at radius 2 is 1.92 bits per heavy atom. The summed E-state index contributed by atoms with van der Waals surface area (Å²) in [4.78, 5) is 33.0. The molecule has 0 aromatic heterocycles. The van der Waals surface area contributed by atoms with Gasteiger partial charge in [0, 0.05) is 51.2 Å². The molecule has 1 fully saturated rings. The minimum Gasteiger partial charge on any atom is -0.494 e. The molecule has 0 bridgehead atoms. The lowest BCUT2D eigenvalue weighted by Gasteiger charge is -2.29. The van der Waals surface area contributed by atoms with Gasteiger partial charge in [0.25, 0.3) is 5.91 Å². The summed E-state index contributed by atoms with van der Waals surface area (Å²) in [5, 5.41) is 8.93. The molecular weight excluding hydrogens is 492 g/mol. The van der Waals surface area contributed by atoms with Gasteiger partial charge in [0.1, 0.15) is 17.5 Å². The molecular formula is C27H42N4O7. The van der Waals surface area contributed by atoms with Crippen molar-refractivity contribution >= 4 is 17.8 Å². The van der Waals surface area contributed by atoms with Crippen LogP contribution >= 0.6 is 0 Å². The van der Waals surface area contributed by atoms with E-state index in [-0.39, 0.29) is 25.4 Å². The third kappa shape index (κ3) is 8.65. The number of hydrazine groups is 1. The molecule has 0 unspecified atom stereocenters. The molecule has 2 aliphatic rings. The van der Waals surface area contributed by atoms with E-state index in [1.54, 1.807) is 39.8 Å². The lowest BCUT2D eigenvalue weighted by molar-refractivity contribution is -0.155. The number of carbonyl (C=O) groups excluding carboxylic acids is 2. The first-order valence-electron chi connectivity index (χ1n) is 13.3. The van der Waals surface area contributed by atoms with E-state index in [0.29, 0.717) is 50.0 Å². The molecule has 0 spiro atoms. The molecule has 11 heteroatoms.